The van der Waals surface area contributed by atoms with E-state index in [1.54, 1.807) is 19.9 Å². The van der Waals surface area contributed by atoms with Crippen LogP contribution in [0.25, 0.3) is 11.5 Å². The maximum atomic E-state index is 13.9. The minimum absolute atomic E-state index is 0.0147. The van der Waals surface area contributed by atoms with Crippen LogP contribution in [0.2, 0.25) is 0 Å². The highest BCUT2D eigenvalue weighted by atomic mass is 19.4. The van der Waals surface area contributed by atoms with Crippen molar-refractivity contribution < 1.29 is 27.1 Å². The van der Waals surface area contributed by atoms with Crippen LogP contribution in [0, 0.1) is 5.82 Å². The van der Waals surface area contributed by atoms with Gasteiger partial charge in [-0.3, -0.25) is 4.79 Å². The summed E-state index contributed by atoms with van der Waals surface area (Å²) < 4.78 is 57.3. The summed E-state index contributed by atoms with van der Waals surface area (Å²) in [5.74, 6) is -1.05. The van der Waals surface area contributed by atoms with Gasteiger partial charge in [0, 0.05) is 31.2 Å². The zero-order valence-electron chi connectivity index (χ0n) is 17.2. The third-order valence-corrected chi connectivity index (χ3v) is 4.53. The van der Waals surface area contributed by atoms with Crippen molar-refractivity contribution in [1.29, 1.82) is 0 Å². The van der Waals surface area contributed by atoms with Gasteiger partial charge in [-0.15, -0.1) is 0 Å². The number of alkyl halides is 3. The second-order valence-electron chi connectivity index (χ2n) is 6.76. The first kappa shape index (κ1) is 23.0. The van der Waals surface area contributed by atoms with Crippen LogP contribution >= 0.6 is 0 Å². The molecule has 1 atom stereocenters. The molecule has 0 aromatic carbocycles. The fourth-order valence-electron chi connectivity index (χ4n) is 2.94. The van der Waals surface area contributed by atoms with Gasteiger partial charge in [0.1, 0.15) is 18.1 Å². The average molecular weight is 449 g/mol. The van der Waals surface area contributed by atoms with Gasteiger partial charge in [-0.25, -0.2) is 24.3 Å². The molecule has 0 fully saturated rings. The molecule has 0 saturated heterocycles. The summed E-state index contributed by atoms with van der Waals surface area (Å²) in [7, 11) is 0. The number of ether oxygens (including phenoxy) is 1. The predicted molar refractivity (Wildman–Crippen MR) is 106 cm³/mol. The third-order valence-electron chi connectivity index (χ3n) is 4.53. The molecule has 0 aliphatic heterocycles. The van der Waals surface area contributed by atoms with Crippen LogP contribution < -0.4 is 4.74 Å². The van der Waals surface area contributed by atoms with Crippen LogP contribution in [-0.4, -0.2) is 49.9 Å². The standard InChI is InChI=1S/C21H19F4N5O2/c1-3-30(13(2)12-32-17-6-5-14(10-28-17)21(23,24)25)20(31)16-9-15(22)11-29-18(16)19-26-7-4-8-27-19/h4-11,13H,3,12H2,1-2H3/t13-/m0/s1. The number of hydrogen-bond acceptors (Lipinski definition) is 6. The third kappa shape index (κ3) is 5.34. The van der Waals surface area contributed by atoms with E-state index >= 15 is 0 Å². The molecule has 11 heteroatoms. The fourth-order valence-corrected chi connectivity index (χ4v) is 2.94. The molecule has 3 aromatic heterocycles. The summed E-state index contributed by atoms with van der Waals surface area (Å²) in [6.07, 6.45) is 0.109. The molecule has 0 spiro atoms. The Morgan fingerprint density at radius 1 is 1.12 bits per heavy atom. The SMILES string of the molecule is CCN(C(=O)c1cc(F)cnc1-c1ncccn1)[C@@H](C)COc1ccc(C(F)(F)F)cn1. The largest absolute Gasteiger partial charge is 0.475 e. The van der Waals surface area contributed by atoms with Crippen molar-refractivity contribution in [3.8, 4) is 17.4 Å². The average Bonchev–Trinajstić information content (AvgIpc) is 2.78. The van der Waals surface area contributed by atoms with Crippen molar-refractivity contribution in [3.05, 3.63) is 66.0 Å². The fraction of sp³-hybridized carbons (Fsp3) is 0.286. The van der Waals surface area contributed by atoms with E-state index in [0.29, 0.717) is 6.20 Å². The van der Waals surface area contributed by atoms with Gasteiger partial charge in [-0.05, 0) is 32.0 Å². The Morgan fingerprint density at radius 2 is 1.84 bits per heavy atom. The maximum absolute atomic E-state index is 13.9. The number of pyridine rings is 2. The Morgan fingerprint density at radius 3 is 2.44 bits per heavy atom. The Hall–Kier alpha value is -3.63. The molecule has 0 N–H and O–H groups in total. The Kier molecular flexibility index (Phi) is 6.96. The van der Waals surface area contributed by atoms with Gasteiger partial charge in [0.2, 0.25) is 5.88 Å². The van der Waals surface area contributed by atoms with Crippen molar-refractivity contribution in [2.45, 2.75) is 26.1 Å². The van der Waals surface area contributed by atoms with E-state index in [1.165, 1.54) is 17.3 Å². The van der Waals surface area contributed by atoms with E-state index in [1.807, 2.05) is 0 Å². The molecule has 1 amide bonds. The van der Waals surface area contributed by atoms with E-state index < -0.39 is 29.5 Å². The van der Waals surface area contributed by atoms with Crippen molar-refractivity contribution in [2.75, 3.05) is 13.2 Å². The lowest BCUT2D eigenvalue weighted by Gasteiger charge is -2.28. The van der Waals surface area contributed by atoms with E-state index in [2.05, 4.69) is 19.9 Å². The Bertz CT molecular complexity index is 1060. The van der Waals surface area contributed by atoms with Crippen LogP contribution in [0.3, 0.4) is 0 Å². The molecule has 0 aliphatic carbocycles. The monoisotopic (exact) mass is 449 g/mol. The quantitative estimate of drug-likeness (QED) is 0.507. The second-order valence-corrected chi connectivity index (χ2v) is 6.76. The number of carbonyl (C=O) groups is 1. The molecule has 0 aliphatic rings. The minimum atomic E-state index is -4.50. The number of halogens is 4. The second kappa shape index (κ2) is 9.67. The molecule has 0 radical (unpaired) electrons. The minimum Gasteiger partial charge on any atom is -0.475 e. The number of carbonyl (C=O) groups excluding carboxylic acids is 1. The summed E-state index contributed by atoms with van der Waals surface area (Å²) in [5.41, 5.74) is -0.775. The lowest BCUT2D eigenvalue weighted by molar-refractivity contribution is -0.137. The Balaban J connectivity index is 1.77. The number of aromatic nitrogens is 4. The highest BCUT2D eigenvalue weighted by molar-refractivity contribution is 5.99. The number of hydrogen-bond donors (Lipinski definition) is 0. The molecule has 3 heterocycles. The lowest BCUT2D eigenvalue weighted by atomic mass is 10.1. The topological polar surface area (TPSA) is 81.1 Å². The predicted octanol–water partition coefficient (Wildman–Crippen LogP) is 4.02. The number of nitrogens with zero attached hydrogens (tertiary/aromatic N) is 5. The van der Waals surface area contributed by atoms with Crippen LogP contribution in [-0.2, 0) is 6.18 Å². The maximum Gasteiger partial charge on any atom is 0.417 e. The van der Waals surface area contributed by atoms with E-state index in [9.17, 15) is 22.4 Å². The molecule has 7 nitrogen and oxygen atoms in total. The lowest BCUT2D eigenvalue weighted by Crippen LogP contribution is -2.42. The summed E-state index contributed by atoms with van der Waals surface area (Å²) in [6, 6.07) is 4.12. The molecular weight excluding hydrogens is 430 g/mol. The molecule has 3 aromatic rings. The first-order chi connectivity index (χ1) is 15.2. The Labute approximate surface area is 181 Å². The normalized spacial score (nSPS) is 12.3. The summed E-state index contributed by atoms with van der Waals surface area (Å²) >= 11 is 0. The van der Waals surface area contributed by atoms with Crippen LogP contribution in [0.4, 0.5) is 17.6 Å². The molecule has 0 saturated carbocycles. The van der Waals surface area contributed by atoms with Gasteiger partial charge in [0.15, 0.2) is 5.82 Å². The summed E-state index contributed by atoms with van der Waals surface area (Å²) in [5, 5.41) is 0. The molecule has 0 bridgehead atoms. The van der Waals surface area contributed by atoms with E-state index in [4.69, 9.17) is 4.74 Å². The van der Waals surface area contributed by atoms with E-state index in [-0.39, 0.29) is 36.1 Å². The van der Waals surface area contributed by atoms with Gasteiger partial charge in [0.25, 0.3) is 5.91 Å². The van der Waals surface area contributed by atoms with Gasteiger partial charge in [0.05, 0.1) is 23.4 Å². The van der Waals surface area contributed by atoms with Gasteiger partial charge in [-0.1, -0.05) is 0 Å². The number of amides is 1. The molecule has 0 unspecified atom stereocenters. The molecule has 168 valence electrons. The van der Waals surface area contributed by atoms with Crippen LogP contribution in [0.15, 0.2) is 49.1 Å². The van der Waals surface area contributed by atoms with Crippen LogP contribution in [0.1, 0.15) is 29.8 Å². The highest BCUT2D eigenvalue weighted by Gasteiger charge is 2.31. The zero-order valence-corrected chi connectivity index (χ0v) is 17.2. The molecule has 3 rings (SSSR count). The highest BCUT2D eigenvalue weighted by Crippen LogP contribution is 2.29. The smallest absolute Gasteiger partial charge is 0.417 e. The van der Waals surface area contributed by atoms with Gasteiger partial charge >= 0.3 is 6.18 Å². The number of likely N-dealkylation sites (N-methyl/N-ethyl adjacent to an activating group) is 1. The summed E-state index contributed by atoms with van der Waals surface area (Å²) in [6.45, 7) is 3.64. The van der Waals surface area contributed by atoms with Crippen LogP contribution in [0.5, 0.6) is 5.88 Å². The van der Waals surface area contributed by atoms with Gasteiger partial charge in [-0.2, -0.15) is 13.2 Å². The van der Waals surface area contributed by atoms with E-state index in [0.717, 1.165) is 24.4 Å². The van der Waals surface area contributed by atoms with Crippen molar-refractivity contribution in [3.63, 3.8) is 0 Å². The zero-order chi connectivity index (χ0) is 23.3. The van der Waals surface area contributed by atoms with Crippen molar-refractivity contribution in [1.82, 2.24) is 24.8 Å². The van der Waals surface area contributed by atoms with Crippen molar-refractivity contribution >= 4 is 5.91 Å². The van der Waals surface area contributed by atoms with Gasteiger partial charge < -0.3 is 9.64 Å². The number of rotatable bonds is 7. The summed E-state index contributed by atoms with van der Waals surface area (Å²) in [4.78, 5) is 30.4. The molecular formula is C21H19F4N5O2. The molecule has 32 heavy (non-hydrogen) atoms. The first-order valence-electron chi connectivity index (χ1n) is 9.60. The van der Waals surface area contributed by atoms with Crippen molar-refractivity contribution in [2.24, 2.45) is 0 Å². The first-order valence-corrected chi connectivity index (χ1v) is 9.60.